The maximum absolute atomic E-state index is 12.2. The van der Waals surface area contributed by atoms with Crippen molar-refractivity contribution in [2.75, 3.05) is 18.4 Å². The molecule has 2 N–H and O–H groups in total. The highest BCUT2D eigenvalue weighted by Gasteiger charge is 2.38. The number of aromatic nitrogens is 1. The largest absolute Gasteiger partial charge is 0.481 e. The van der Waals surface area contributed by atoms with Crippen LogP contribution in [0.5, 0.6) is 0 Å². The molecule has 0 saturated carbocycles. The van der Waals surface area contributed by atoms with Crippen molar-refractivity contribution in [2.45, 2.75) is 33.6 Å². The number of nitrogens with zero attached hydrogens (tertiary/aromatic N) is 2. The van der Waals surface area contributed by atoms with E-state index in [9.17, 15) is 14.7 Å². The highest BCUT2D eigenvalue weighted by molar-refractivity contribution is 5.90. The van der Waals surface area contributed by atoms with E-state index in [1.807, 2.05) is 26.0 Å². The molecule has 1 aliphatic heterocycles. The first-order chi connectivity index (χ1) is 9.82. The van der Waals surface area contributed by atoms with Crippen molar-refractivity contribution >= 4 is 17.7 Å². The number of carboxylic acids is 1. The van der Waals surface area contributed by atoms with Crippen molar-refractivity contribution in [3.8, 4) is 0 Å². The average molecular weight is 291 g/mol. The molecule has 21 heavy (non-hydrogen) atoms. The lowest BCUT2D eigenvalue weighted by atomic mass is 9.80. The number of carbonyl (C=O) groups is 2. The van der Waals surface area contributed by atoms with Crippen LogP contribution in [0.1, 0.15) is 31.2 Å². The summed E-state index contributed by atoms with van der Waals surface area (Å²) in [6.07, 6.45) is 0.946. The van der Waals surface area contributed by atoms with Gasteiger partial charge in [0.1, 0.15) is 0 Å². The topological polar surface area (TPSA) is 82.5 Å². The predicted octanol–water partition coefficient (Wildman–Crippen LogP) is 2.42. The highest BCUT2D eigenvalue weighted by atomic mass is 16.4. The Morgan fingerprint density at radius 1 is 1.29 bits per heavy atom. The molecular weight excluding hydrogens is 270 g/mol. The number of anilines is 1. The van der Waals surface area contributed by atoms with Gasteiger partial charge in [-0.15, -0.1) is 0 Å². The number of urea groups is 1. The number of amides is 2. The Morgan fingerprint density at radius 3 is 2.43 bits per heavy atom. The lowest BCUT2D eigenvalue weighted by molar-refractivity contribution is -0.150. The van der Waals surface area contributed by atoms with Crippen LogP contribution in [0.4, 0.5) is 10.5 Å². The van der Waals surface area contributed by atoms with Gasteiger partial charge in [0.2, 0.25) is 0 Å². The normalized spacial score (nSPS) is 17.4. The van der Waals surface area contributed by atoms with Gasteiger partial charge < -0.3 is 15.3 Å². The van der Waals surface area contributed by atoms with Crippen molar-refractivity contribution in [3.05, 3.63) is 23.5 Å². The van der Waals surface area contributed by atoms with E-state index in [1.165, 1.54) is 0 Å². The second-order valence-corrected chi connectivity index (χ2v) is 5.87. The number of pyridine rings is 1. The fraction of sp³-hybridized carbons (Fsp3) is 0.533. The van der Waals surface area contributed by atoms with Gasteiger partial charge in [0.05, 0.1) is 16.8 Å². The fourth-order valence-corrected chi connectivity index (χ4v) is 2.43. The Labute approximate surface area is 124 Å². The molecule has 1 aliphatic rings. The number of likely N-dealkylation sites (tertiary alicyclic amines) is 1. The van der Waals surface area contributed by atoms with Crippen LogP contribution in [0.25, 0.3) is 0 Å². The molecule has 0 unspecified atom stereocenters. The number of hydrogen-bond acceptors (Lipinski definition) is 3. The van der Waals surface area contributed by atoms with E-state index in [0.29, 0.717) is 31.6 Å². The molecule has 0 aromatic carbocycles. The second-order valence-electron chi connectivity index (χ2n) is 5.87. The summed E-state index contributed by atoms with van der Waals surface area (Å²) in [7, 11) is 0. The lowest BCUT2D eigenvalue weighted by Crippen LogP contribution is -2.46. The van der Waals surface area contributed by atoms with Gasteiger partial charge in [-0.05, 0) is 45.7 Å². The third kappa shape index (κ3) is 3.32. The van der Waals surface area contributed by atoms with Crippen LogP contribution in [0.15, 0.2) is 12.1 Å². The number of rotatable bonds is 2. The summed E-state index contributed by atoms with van der Waals surface area (Å²) < 4.78 is 0. The molecule has 1 saturated heterocycles. The Bertz CT molecular complexity index is 563. The zero-order chi connectivity index (χ0) is 15.6. The Balaban J connectivity index is 1.98. The minimum Gasteiger partial charge on any atom is -0.481 e. The minimum absolute atomic E-state index is 0.198. The first-order valence-corrected chi connectivity index (χ1v) is 7.05. The van der Waals surface area contributed by atoms with E-state index in [0.717, 1.165) is 11.4 Å². The smallest absolute Gasteiger partial charge is 0.321 e. The van der Waals surface area contributed by atoms with Gasteiger partial charge in [0, 0.05) is 18.8 Å². The van der Waals surface area contributed by atoms with Crippen molar-refractivity contribution < 1.29 is 14.7 Å². The summed E-state index contributed by atoms with van der Waals surface area (Å²) in [5.74, 6) is -0.791. The summed E-state index contributed by atoms with van der Waals surface area (Å²) in [5, 5.41) is 12.0. The molecule has 0 spiro atoms. The number of aryl methyl sites for hydroxylation is 2. The van der Waals surface area contributed by atoms with Crippen LogP contribution in [0.2, 0.25) is 0 Å². The standard InChI is InChI=1S/C15H21N3O3/c1-10-4-5-12(11(2)16-10)17-14(21)18-8-6-15(3,7-9-18)13(19)20/h4-5H,6-9H2,1-3H3,(H,17,21)(H,19,20). The maximum atomic E-state index is 12.2. The number of carbonyl (C=O) groups excluding carboxylic acids is 1. The monoisotopic (exact) mass is 291 g/mol. The van der Waals surface area contributed by atoms with Crippen molar-refractivity contribution in [2.24, 2.45) is 5.41 Å². The molecule has 1 aromatic heterocycles. The maximum Gasteiger partial charge on any atom is 0.321 e. The summed E-state index contributed by atoms with van der Waals surface area (Å²) in [6.45, 7) is 6.38. The van der Waals surface area contributed by atoms with E-state index in [1.54, 1.807) is 11.8 Å². The van der Waals surface area contributed by atoms with E-state index >= 15 is 0 Å². The Hall–Kier alpha value is -2.11. The molecule has 0 aliphatic carbocycles. The number of piperidine rings is 1. The van der Waals surface area contributed by atoms with Crippen molar-refractivity contribution in [3.63, 3.8) is 0 Å². The fourth-order valence-electron chi connectivity index (χ4n) is 2.43. The second kappa shape index (κ2) is 5.71. The predicted molar refractivity (Wildman–Crippen MR) is 79.3 cm³/mol. The van der Waals surface area contributed by atoms with Crippen LogP contribution in [0, 0.1) is 19.3 Å². The molecule has 2 rings (SSSR count). The molecule has 6 nitrogen and oxygen atoms in total. The molecule has 1 fully saturated rings. The zero-order valence-electron chi connectivity index (χ0n) is 12.6. The molecule has 0 atom stereocenters. The molecule has 2 amide bonds. The zero-order valence-corrected chi connectivity index (χ0v) is 12.6. The molecule has 1 aromatic rings. The number of hydrogen-bond donors (Lipinski definition) is 2. The van der Waals surface area contributed by atoms with Gasteiger partial charge in [-0.1, -0.05) is 0 Å². The van der Waals surface area contributed by atoms with Gasteiger partial charge in [-0.25, -0.2) is 4.79 Å². The molecule has 0 bridgehead atoms. The van der Waals surface area contributed by atoms with Gasteiger partial charge >= 0.3 is 12.0 Å². The van der Waals surface area contributed by atoms with E-state index < -0.39 is 11.4 Å². The summed E-state index contributed by atoms with van der Waals surface area (Å²) in [6, 6.07) is 3.48. The lowest BCUT2D eigenvalue weighted by Gasteiger charge is -2.36. The van der Waals surface area contributed by atoms with Crippen LogP contribution < -0.4 is 5.32 Å². The van der Waals surface area contributed by atoms with Gasteiger partial charge in [0.25, 0.3) is 0 Å². The molecule has 6 heteroatoms. The molecule has 114 valence electrons. The minimum atomic E-state index is -0.791. The molecular formula is C15H21N3O3. The Morgan fingerprint density at radius 2 is 1.90 bits per heavy atom. The first-order valence-electron chi connectivity index (χ1n) is 7.05. The summed E-state index contributed by atoms with van der Waals surface area (Å²) >= 11 is 0. The number of carboxylic acid groups (broad SMARTS) is 1. The summed E-state index contributed by atoms with van der Waals surface area (Å²) in [4.78, 5) is 29.4. The van der Waals surface area contributed by atoms with Crippen molar-refractivity contribution in [1.29, 1.82) is 0 Å². The van der Waals surface area contributed by atoms with Gasteiger partial charge in [-0.3, -0.25) is 9.78 Å². The average Bonchev–Trinajstić information content (AvgIpc) is 2.42. The van der Waals surface area contributed by atoms with Gasteiger partial charge in [0.15, 0.2) is 0 Å². The van der Waals surface area contributed by atoms with Crippen LogP contribution in [-0.2, 0) is 4.79 Å². The Kier molecular flexibility index (Phi) is 4.16. The first kappa shape index (κ1) is 15.3. The van der Waals surface area contributed by atoms with E-state index in [-0.39, 0.29) is 6.03 Å². The number of nitrogens with one attached hydrogen (secondary N) is 1. The van der Waals surface area contributed by atoms with E-state index in [4.69, 9.17) is 0 Å². The van der Waals surface area contributed by atoms with E-state index in [2.05, 4.69) is 10.3 Å². The number of aliphatic carboxylic acids is 1. The van der Waals surface area contributed by atoms with Crippen LogP contribution in [-0.4, -0.2) is 40.1 Å². The highest BCUT2D eigenvalue weighted by Crippen LogP contribution is 2.31. The summed E-state index contributed by atoms with van der Waals surface area (Å²) in [5.41, 5.74) is 1.64. The molecule has 0 radical (unpaired) electrons. The van der Waals surface area contributed by atoms with Crippen molar-refractivity contribution in [1.82, 2.24) is 9.88 Å². The SMILES string of the molecule is Cc1ccc(NC(=O)N2CCC(C)(C(=O)O)CC2)c(C)n1. The third-order valence-corrected chi connectivity index (χ3v) is 4.14. The van der Waals surface area contributed by atoms with Crippen LogP contribution in [0.3, 0.4) is 0 Å². The third-order valence-electron chi connectivity index (χ3n) is 4.14. The van der Waals surface area contributed by atoms with Crippen LogP contribution >= 0.6 is 0 Å². The van der Waals surface area contributed by atoms with Gasteiger partial charge in [-0.2, -0.15) is 0 Å². The molecule has 2 heterocycles. The quantitative estimate of drug-likeness (QED) is 0.876.